The predicted molar refractivity (Wildman–Crippen MR) is 88.4 cm³/mol. The molecule has 4 nitrogen and oxygen atoms in total. The Balaban J connectivity index is 1.69. The molecule has 1 aliphatic heterocycles. The van der Waals surface area contributed by atoms with E-state index < -0.39 is 0 Å². The van der Waals surface area contributed by atoms with Crippen molar-refractivity contribution in [1.82, 2.24) is 10.2 Å². The second-order valence-corrected chi connectivity index (χ2v) is 6.51. The maximum Gasteiger partial charge on any atom is 0.194 e. The van der Waals surface area contributed by atoms with Crippen molar-refractivity contribution in [2.45, 2.75) is 39.2 Å². The van der Waals surface area contributed by atoms with Gasteiger partial charge in [-0.15, -0.1) is 0 Å². The van der Waals surface area contributed by atoms with Gasteiger partial charge in [0.15, 0.2) is 5.96 Å². The summed E-state index contributed by atoms with van der Waals surface area (Å²) in [5, 5.41) is 12.4. The molecule has 116 valence electrons. The van der Waals surface area contributed by atoms with Gasteiger partial charge in [-0.3, -0.25) is 0 Å². The van der Waals surface area contributed by atoms with Gasteiger partial charge in [-0.2, -0.15) is 5.26 Å². The van der Waals surface area contributed by atoms with Gasteiger partial charge in [-0.25, -0.2) is 4.99 Å². The summed E-state index contributed by atoms with van der Waals surface area (Å²) in [6, 6.07) is 9.90. The van der Waals surface area contributed by atoms with E-state index in [9.17, 15) is 0 Å². The van der Waals surface area contributed by atoms with Crippen LogP contribution in [-0.4, -0.2) is 30.5 Å². The zero-order valence-corrected chi connectivity index (χ0v) is 13.3. The first kappa shape index (κ1) is 14.9. The van der Waals surface area contributed by atoms with Crippen molar-refractivity contribution in [3.8, 4) is 6.07 Å². The molecule has 0 radical (unpaired) electrons. The van der Waals surface area contributed by atoms with E-state index >= 15 is 0 Å². The summed E-state index contributed by atoms with van der Waals surface area (Å²) < 4.78 is 0. The van der Waals surface area contributed by atoms with Crippen molar-refractivity contribution in [1.29, 1.82) is 5.26 Å². The number of hydrogen-bond acceptors (Lipinski definition) is 2. The minimum Gasteiger partial charge on any atom is -0.357 e. The molecule has 3 rings (SSSR count). The Morgan fingerprint density at radius 3 is 2.91 bits per heavy atom. The van der Waals surface area contributed by atoms with Gasteiger partial charge < -0.3 is 10.2 Å². The van der Waals surface area contributed by atoms with Crippen LogP contribution in [0.15, 0.2) is 29.3 Å². The van der Waals surface area contributed by atoms with Gasteiger partial charge in [-0.05, 0) is 49.3 Å². The fourth-order valence-electron chi connectivity index (χ4n) is 3.53. The van der Waals surface area contributed by atoms with E-state index in [2.05, 4.69) is 23.2 Å². The summed E-state index contributed by atoms with van der Waals surface area (Å²) in [5.74, 6) is 1.02. The number of benzene rings is 1. The molecule has 1 heterocycles. The molecule has 0 amide bonds. The SMILES string of the molecule is CCNC(=NCc1cccc(C#N)c1)N1CCC2(CCC2)C1. The molecular formula is C18H24N4. The topological polar surface area (TPSA) is 51.4 Å². The summed E-state index contributed by atoms with van der Waals surface area (Å²) >= 11 is 0. The first-order chi connectivity index (χ1) is 10.7. The zero-order chi connectivity index (χ0) is 15.4. The highest BCUT2D eigenvalue weighted by atomic mass is 15.3. The summed E-state index contributed by atoms with van der Waals surface area (Å²) in [6.45, 7) is 5.89. The molecule has 1 N–H and O–H groups in total. The maximum absolute atomic E-state index is 8.98. The van der Waals surface area contributed by atoms with E-state index in [4.69, 9.17) is 10.3 Å². The van der Waals surface area contributed by atoms with E-state index in [1.54, 1.807) is 0 Å². The molecule has 2 aliphatic rings. The van der Waals surface area contributed by atoms with Crippen LogP contribution in [-0.2, 0) is 6.54 Å². The van der Waals surface area contributed by atoms with Crippen molar-refractivity contribution in [2.75, 3.05) is 19.6 Å². The number of nitrogens with one attached hydrogen (secondary N) is 1. The maximum atomic E-state index is 8.98. The van der Waals surface area contributed by atoms with E-state index in [1.807, 2.05) is 24.3 Å². The lowest BCUT2D eigenvalue weighted by molar-refractivity contribution is 0.151. The molecule has 1 saturated carbocycles. The van der Waals surface area contributed by atoms with Crippen molar-refractivity contribution in [3.63, 3.8) is 0 Å². The summed E-state index contributed by atoms with van der Waals surface area (Å²) in [4.78, 5) is 7.20. The Labute approximate surface area is 132 Å². The van der Waals surface area contributed by atoms with Gasteiger partial charge in [-0.1, -0.05) is 18.6 Å². The highest BCUT2D eigenvalue weighted by Crippen LogP contribution is 2.47. The lowest BCUT2D eigenvalue weighted by atomic mass is 9.68. The lowest BCUT2D eigenvalue weighted by Gasteiger charge is -2.38. The predicted octanol–water partition coefficient (Wildman–Crippen LogP) is 2.90. The molecule has 22 heavy (non-hydrogen) atoms. The first-order valence-electron chi connectivity index (χ1n) is 8.27. The van der Waals surface area contributed by atoms with Gasteiger partial charge in [0.05, 0.1) is 18.2 Å². The molecule has 2 fully saturated rings. The smallest absolute Gasteiger partial charge is 0.194 e. The standard InChI is InChI=1S/C18H24N4/c1-2-20-17(22-10-9-18(14-22)7-4-8-18)21-13-16-6-3-5-15(11-16)12-19/h3,5-6,11H,2,4,7-10,13-14H2,1H3,(H,20,21). The van der Waals surface area contributed by atoms with Crippen LogP contribution < -0.4 is 5.32 Å². The quantitative estimate of drug-likeness (QED) is 0.689. The molecule has 1 spiro atoms. The average Bonchev–Trinajstić information content (AvgIpc) is 2.97. The Bertz CT molecular complexity index is 595. The van der Waals surface area contributed by atoms with Crippen molar-refractivity contribution in [2.24, 2.45) is 10.4 Å². The van der Waals surface area contributed by atoms with Gasteiger partial charge in [0, 0.05) is 19.6 Å². The largest absolute Gasteiger partial charge is 0.357 e. The monoisotopic (exact) mass is 296 g/mol. The number of aliphatic imine (C=N–C) groups is 1. The van der Waals surface area contributed by atoms with Crippen molar-refractivity contribution < 1.29 is 0 Å². The lowest BCUT2D eigenvalue weighted by Crippen LogP contribution is -2.42. The van der Waals surface area contributed by atoms with E-state index in [0.717, 1.165) is 31.2 Å². The number of likely N-dealkylation sites (tertiary alicyclic amines) is 1. The zero-order valence-electron chi connectivity index (χ0n) is 13.3. The second-order valence-electron chi connectivity index (χ2n) is 6.51. The van der Waals surface area contributed by atoms with Gasteiger partial charge in [0.2, 0.25) is 0 Å². The normalized spacial score (nSPS) is 19.8. The number of nitrogens with zero attached hydrogens (tertiary/aromatic N) is 3. The highest BCUT2D eigenvalue weighted by molar-refractivity contribution is 5.80. The highest BCUT2D eigenvalue weighted by Gasteiger charge is 2.43. The van der Waals surface area contributed by atoms with Crippen molar-refractivity contribution in [3.05, 3.63) is 35.4 Å². The van der Waals surface area contributed by atoms with Crippen molar-refractivity contribution >= 4 is 5.96 Å². The van der Waals surface area contributed by atoms with E-state index in [0.29, 0.717) is 17.5 Å². The Hall–Kier alpha value is -2.02. The number of hydrogen-bond donors (Lipinski definition) is 1. The molecule has 0 atom stereocenters. The molecule has 1 saturated heterocycles. The van der Waals surface area contributed by atoms with Gasteiger partial charge in [0.1, 0.15) is 0 Å². The second kappa shape index (κ2) is 6.39. The third kappa shape index (κ3) is 3.09. The van der Waals surface area contributed by atoms with E-state index in [-0.39, 0.29) is 0 Å². The fourth-order valence-corrected chi connectivity index (χ4v) is 3.53. The summed E-state index contributed by atoms with van der Waals surface area (Å²) in [7, 11) is 0. The number of guanidine groups is 1. The fraction of sp³-hybridized carbons (Fsp3) is 0.556. The summed E-state index contributed by atoms with van der Waals surface area (Å²) in [6.07, 6.45) is 5.46. The van der Waals surface area contributed by atoms with Gasteiger partial charge >= 0.3 is 0 Å². The average molecular weight is 296 g/mol. The third-order valence-corrected chi connectivity index (χ3v) is 4.95. The third-order valence-electron chi connectivity index (χ3n) is 4.95. The number of nitriles is 1. The minimum absolute atomic E-state index is 0.580. The molecule has 0 bridgehead atoms. The molecule has 4 heteroatoms. The molecular weight excluding hydrogens is 272 g/mol. The van der Waals surface area contributed by atoms with Crippen LogP contribution >= 0.6 is 0 Å². The molecule has 0 unspecified atom stereocenters. The van der Waals surface area contributed by atoms with Crippen LogP contribution in [0.4, 0.5) is 0 Å². The minimum atomic E-state index is 0.580. The van der Waals surface area contributed by atoms with Crippen LogP contribution in [0.1, 0.15) is 43.7 Å². The first-order valence-corrected chi connectivity index (χ1v) is 8.27. The molecule has 1 aromatic rings. The summed E-state index contributed by atoms with van der Waals surface area (Å²) in [5.41, 5.74) is 2.37. The Morgan fingerprint density at radius 1 is 1.41 bits per heavy atom. The molecule has 0 aromatic heterocycles. The van der Waals surface area contributed by atoms with Crippen LogP contribution in [0.2, 0.25) is 0 Å². The van der Waals surface area contributed by atoms with Crippen LogP contribution in [0, 0.1) is 16.7 Å². The Morgan fingerprint density at radius 2 is 2.27 bits per heavy atom. The van der Waals surface area contributed by atoms with Crippen LogP contribution in [0.25, 0.3) is 0 Å². The van der Waals surface area contributed by atoms with Gasteiger partial charge in [0.25, 0.3) is 0 Å². The van der Waals surface area contributed by atoms with Crippen LogP contribution in [0.3, 0.4) is 0 Å². The molecule has 1 aromatic carbocycles. The Kier molecular flexibility index (Phi) is 4.33. The van der Waals surface area contributed by atoms with E-state index in [1.165, 1.54) is 25.7 Å². The number of rotatable bonds is 3. The van der Waals surface area contributed by atoms with Crippen LogP contribution in [0.5, 0.6) is 0 Å². The molecule has 1 aliphatic carbocycles.